The van der Waals surface area contributed by atoms with Crippen molar-refractivity contribution in [1.29, 1.82) is 0 Å². The van der Waals surface area contributed by atoms with Gasteiger partial charge in [-0.1, -0.05) is 226 Å². The van der Waals surface area contributed by atoms with Gasteiger partial charge in [-0.15, -0.1) is 0 Å². The van der Waals surface area contributed by atoms with Gasteiger partial charge in [-0.05, 0) is 73.0 Å². The Kier molecular flexibility index (Phi) is 55.8. The number of carbonyl (C=O) groups is 3. The van der Waals surface area contributed by atoms with Gasteiger partial charge in [-0.2, -0.15) is 0 Å². The first-order valence-corrected chi connectivity index (χ1v) is 26.6. The Hall–Kier alpha value is -1.43. The second kappa shape index (κ2) is 49.6. The fourth-order valence-corrected chi connectivity index (χ4v) is 8.86. The van der Waals surface area contributed by atoms with Crippen molar-refractivity contribution >= 4 is 18.2 Å². The zero-order valence-electron chi connectivity index (χ0n) is 44.6. The molecule has 0 aliphatic heterocycles. The molecule has 6 heteroatoms. The summed E-state index contributed by atoms with van der Waals surface area (Å²) in [6.07, 6.45) is 31.9. The summed E-state index contributed by atoms with van der Waals surface area (Å²) >= 11 is 0. The molecule has 1 N–H and O–H groups in total. The van der Waals surface area contributed by atoms with Crippen molar-refractivity contribution in [1.82, 2.24) is 0 Å². The third-order valence-electron chi connectivity index (χ3n) is 13.2. The number of carbonyl (C=O) groups excluding carboxylic acids is 3. The summed E-state index contributed by atoms with van der Waals surface area (Å²) in [5.74, 6) is 1.17. The summed E-state index contributed by atoms with van der Waals surface area (Å²) in [7, 11) is 1.00. The molecule has 0 amide bonds. The highest BCUT2D eigenvalue weighted by Crippen LogP contribution is 2.52. The summed E-state index contributed by atoms with van der Waals surface area (Å²) in [4.78, 5) is 37.9. The smallest absolute Gasteiger partial charge is 0.305 e. The van der Waals surface area contributed by atoms with Gasteiger partial charge in [-0.3, -0.25) is 9.59 Å². The molecule has 0 bridgehead atoms. The van der Waals surface area contributed by atoms with Crippen LogP contribution in [0.2, 0.25) is 0 Å². The quantitative estimate of drug-likeness (QED) is 0.0378. The molecule has 0 heterocycles. The molecule has 0 aromatic carbocycles. The van der Waals surface area contributed by atoms with Crippen LogP contribution in [0.1, 0.15) is 290 Å². The van der Waals surface area contributed by atoms with E-state index in [4.69, 9.17) is 14.6 Å². The molecule has 0 fully saturated rings. The molecule has 0 aromatic rings. The molecule has 3 atom stereocenters. The predicted molar refractivity (Wildman–Crippen MR) is 269 cm³/mol. The molecular formula is C55H114O6. The van der Waals surface area contributed by atoms with Gasteiger partial charge in [0.25, 0.3) is 0 Å². The molecule has 0 aromatic heterocycles. The lowest BCUT2D eigenvalue weighted by atomic mass is 9.59. The Balaban J connectivity index is -0.00000123. The van der Waals surface area contributed by atoms with Crippen LogP contribution in [0.15, 0.2) is 0 Å². The first-order chi connectivity index (χ1) is 29.4. The van der Waals surface area contributed by atoms with E-state index in [1.165, 1.54) is 103 Å². The van der Waals surface area contributed by atoms with Crippen molar-refractivity contribution in [3.63, 3.8) is 0 Å². The minimum atomic E-state index is -0.0750. The van der Waals surface area contributed by atoms with Crippen molar-refractivity contribution < 1.29 is 29.0 Å². The maximum atomic E-state index is 13.3. The second-order valence-electron chi connectivity index (χ2n) is 18.0. The summed E-state index contributed by atoms with van der Waals surface area (Å²) in [5.41, 5.74) is -0.108. The number of hydrogen-bond donors (Lipinski definition) is 1. The zero-order valence-corrected chi connectivity index (χ0v) is 44.6. The maximum Gasteiger partial charge on any atom is 0.305 e. The Morgan fingerprint density at radius 2 is 0.820 bits per heavy atom. The third kappa shape index (κ3) is 39.9. The highest BCUT2D eigenvalue weighted by atomic mass is 16.5. The lowest BCUT2D eigenvalue weighted by Crippen LogP contribution is -2.36. The summed E-state index contributed by atoms with van der Waals surface area (Å²) in [6, 6.07) is 0. The lowest BCUT2D eigenvalue weighted by Gasteiger charge is -2.46. The van der Waals surface area contributed by atoms with Crippen molar-refractivity contribution in [2.24, 2.45) is 28.1 Å². The summed E-state index contributed by atoms with van der Waals surface area (Å²) in [6.45, 7) is 33.5. The molecule has 0 radical (unpaired) electrons. The van der Waals surface area contributed by atoms with Crippen molar-refractivity contribution in [2.75, 3.05) is 20.3 Å². The van der Waals surface area contributed by atoms with Crippen LogP contribution in [0.5, 0.6) is 0 Å². The van der Waals surface area contributed by atoms with Gasteiger partial charge in [0.1, 0.15) is 6.29 Å². The number of ether oxygens (including phenoxy) is 2. The Morgan fingerprint density at radius 3 is 1.11 bits per heavy atom. The molecule has 0 saturated heterocycles. The van der Waals surface area contributed by atoms with Crippen LogP contribution in [-0.4, -0.2) is 43.7 Å². The predicted octanol–water partition coefficient (Wildman–Crippen LogP) is 17.6. The number of unbranched alkanes of at least 4 members (excludes halogenated alkanes) is 8. The third-order valence-corrected chi connectivity index (χ3v) is 13.2. The minimum absolute atomic E-state index is 0.0173. The summed E-state index contributed by atoms with van der Waals surface area (Å²) in [5, 5.41) is 7.00. The minimum Gasteiger partial charge on any atom is -0.466 e. The van der Waals surface area contributed by atoms with Crippen LogP contribution >= 0.6 is 0 Å². The van der Waals surface area contributed by atoms with E-state index < -0.39 is 0 Å². The lowest BCUT2D eigenvalue weighted by molar-refractivity contribution is -0.145. The average molecular weight is 872 g/mol. The Morgan fingerprint density at radius 1 is 0.492 bits per heavy atom. The van der Waals surface area contributed by atoms with Crippen LogP contribution in [0.4, 0.5) is 0 Å². The van der Waals surface area contributed by atoms with Gasteiger partial charge in [0.15, 0.2) is 0 Å². The first-order valence-electron chi connectivity index (χ1n) is 26.6. The van der Waals surface area contributed by atoms with E-state index in [0.29, 0.717) is 44.3 Å². The normalized spacial score (nSPS) is 13.6. The number of esters is 2. The molecule has 0 rings (SSSR count). The monoisotopic (exact) mass is 871 g/mol. The van der Waals surface area contributed by atoms with Gasteiger partial charge < -0.3 is 19.4 Å². The molecule has 61 heavy (non-hydrogen) atoms. The highest BCUT2D eigenvalue weighted by Gasteiger charge is 2.41. The maximum absolute atomic E-state index is 13.3. The van der Waals surface area contributed by atoms with Crippen LogP contribution in [0.25, 0.3) is 0 Å². The van der Waals surface area contributed by atoms with Gasteiger partial charge in [-0.25, -0.2) is 0 Å². The second-order valence-corrected chi connectivity index (χ2v) is 18.0. The van der Waals surface area contributed by atoms with Crippen LogP contribution in [0.3, 0.4) is 0 Å². The SMILES string of the molecule is CC.CC.CC.CCCCCC(CCCCC)CCOC(=O)CCC(C)(CC)CC(CC)(CCC(=O)OCCC(CCCCC)CCCCC)CC(C)(CC)CCC=O.CO. The van der Waals surface area contributed by atoms with E-state index in [1.807, 2.05) is 41.5 Å². The van der Waals surface area contributed by atoms with Gasteiger partial charge in [0.2, 0.25) is 0 Å². The number of aldehydes is 1. The zero-order chi connectivity index (χ0) is 47.9. The van der Waals surface area contributed by atoms with Crippen LogP contribution in [0, 0.1) is 28.1 Å². The van der Waals surface area contributed by atoms with E-state index in [0.717, 1.165) is 77.6 Å². The fourth-order valence-electron chi connectivity index (χ4n) is 8.86. The molecular weight excluding hydrogens is 757 g/mol. The molecule has 0 saturated carbocycles. The van der Waals surface area contributed by atoms with Crippen molar-refractivity contribution in [3.05, 3.63) is 0 Å². The summed E-state index contributed by atoms with van der Waals surface area (Å²) < 4.78 is 11.8. The molecule has 3 unspecified atom stereocenters. The average Bonchev–Trinajstić information content (AvgIpc) is 3.29. The van der Waals surface area contributed by atoms with Crippen LogP contribution < -0.4 is 0 Å². The largest absolute Gasteiger partial charge is 0.466 e. The van der Waals surface area contributed by atoms with E-state index >= 15 is 0 Å². The van der Waals surface area contributed by atoms with Gasteiger partial charge in [0.05, 0.1) is 13.2 Å². The Bertz CT molecular complexity index is 887. The van der Waals surface area contributed by atoms with E-state index in [1.54, 1.807) is 0 Å². The van der Waals surface area contributed by atoms with Gasteiger partial charge >= 0.3 is 11.9 Å². The molecule has 0 aliphatic carbocycles. The van der Waals surface area contributed by atoms with E-state index in [9.17, 15) is 14.4 Å². The van der Waals surface area contributed by atoms with Crippen molar-refractivity contribution in [2.45, 2.75) is 290 Å². The first kappa shape index (κ1) is 68.6. The van der Waals surface area contributed by atoms with E-state index in [2.05, 4.69) is 62.3 Å². The van der Waals surface area contributed by atoms with Crippen molar-refractivity contribution in [3.8, 4) is 0 Å². The molecule has 0 aliphatic rings. The van der Waals surface area contributed by atoms with Crippen LogP contribution in [-0.2, 0) is 23.9 Å². The standard InChI is InChI=1S/C48H92O5.3C2H6.CH4O/c1-10-17-21-26-42(27-22-18-11-2)32-38-52-44(50)30-35-47(9,15-6)41-48(16-7,40-46(8,14-5)34-25-37-49)36-31-45(51)53-39-33-43(28-23-19-12-3)29-24-20-13-4;4*1-2/h37,42-43H,10-36,38-41H2,1-9H3;3*1-2H3;2H,1H3. The Labute approximate surface area is 384 Å². The number of hydrogen-bond acceptors (Lipinski definition) is 6. The fraction of sp³-hybridized carbons (Fsp3) is 0.945. The molecule has 0 spiro atoms. The number of aliphatic hydroxyl groups is 1. The number of rotatable bonds is 38. The molecule has 370 valence electrons. The topological polar surface area (TPSA) is 89.9 Å². The van der Waals surface area contributed by atoms with E-state index in [-0.39, 0.29) is 28.2 Å². The van der Waals surface area contributed by atoms with Gasteiger partial charge in [0, 0.05) is 26.4 Å². The molecule has 6 nitrogen and oxygen atoms in total. The highest BCUT2D eigenvalue weighted by molar-refractivity contribution is 5.69. The number of aliphatic hydroxyl groups excluding tert-OH is 1.